The third-order valence-corrected chi connectivity index (χ3v) is 3.93. The highest BCUT2D eigenvalue weighted by molar-refractivity contribution is 6.31. The van der Waals surface area contributed by atoms with E-state index in [1.165, 1.54) is 0 Å². The number of anilines is 1. The summed E-state index contributed by atoms with van der Waals surface area (Å²) >= 11 is 6.05. The maximum Gasteiger partial charge on any atom is 0.232 e. The van der Waals surface area contributed by atoms with Crippen LogP contribution in [0.2, 0.25) is 5.02 Å². The summed E-state index contributed by atoms with van der Waals surface area (Å²) in [6.45, 7) is 3.99. The first-order valence-corrected chi connectivity index (χ1v) is 7.76. The van der Waals surface area contributed by atoms with Crippen molar-refractivity contribution in [3.8, 4) is 5.75 Å². The van der Waals surface area contributed by atoms with E-state index in [0.29, 0.717) is 11.4 Å². The van der Waals surface area contributed by atoms with Crippen LogP contribution in [0.4, 0.5) is 5.69 Å². The number of hydrogen-bond donors (Lipinski definition) is 1. The minimum absolute atomic E-state index is 0.0276. The molecular weight excluding hydrogens is 298 g/mol. The number of hydrogen-bond acceptors (Lipinski definition) is 2. The van der Waals surface area contributed by atoms with Gasteiger partial charge in [0.2, 0.25) is 5.91 Å². The van der Waals surface area contributed by atoms with Gasteiger partial charge >= 0.3 is 0 Å². The van der Waals surface area contributed by atoms with E-state index in [2.05, 4.69) is 5.32 Å². The summed E-state index contributed by atoms with van der Waals surface area (Å²) in [5.41, 5.74) is 2.93. The van der Waals surface area contributed by atoms with Gasteiger partial charge < -0.3 is 10.1 Å². The van der Waals surface area contributed by atoms with Gasteiger partial charge in [-0.25, -0.2) is 0 Å². The highest BCUT2D eigenvalue weighted by Crippen LogP contribution is 2.36. The van der Waals surface area contributed by atoms with Crippen molar-refractivity contribution in [1.82, 2.24) is 0 Å². The van der Waals surface area contributed by atoms with Crippen molar-refractivity contribution in [2.24, 2.45) is 0 Å². The zero-order valence-electron chi connectivity index (χ0n) is 12.6. The van der Waals surface area contributed by atoms with Crippen LogP contribution in [0, 0.1) is 0 Å². The Kier molecular flexibility index (Phi) is 4.08. The van der Waals surface area contributed by atoms with E-state index in [1.54, 1.807) is 6.07 Å². The van der Waals surface area contributed by atoms with E-state index in [0.717, 1.165) is 22.6 Å². The molecule has 0 aliphatic carbocycles. The molecule has 0 saturated heterocycles. The lowest BCUT2D eigenvalue weighted by atomic mass is 9.93. The Hall–Kier alpha value is -2.00. The molecular formula is C18H18ClNO2. The summed E-state index contributed by atoms with van der Waals surface area (Å²) in [7, 11) is 0. The second kappa shape index (κ2) is 6.01. The van der Waals surface area contributed by atoms with E-state index < -0.39 is 0 Å². The molecule has 2 aromatic carbocycles. The van der Waals surface area contributed by atoms with Crippen molar-refractivity contribution in [2.45, 2.75) is 32.3 Å². The minimum atomic E-state index is -0.189. The number of carbonyl (C=O) groups is 1. The summed E-state index contributed by atoms with van der Waals surface area (Å²) in [5.74, 6) is 0.684. The SMILES string of the molecule is CC(C)Oc1ccc(C[C@@H]2C(=O)Nc3ccc(Cl)cc32)cc1. The average Bonchev–Trinajstić information content (AvgIpc) is 2.76. The molecule has 0 aromatic heterocycles. The highest BCUT2D eigenvalue weighted by Gasteiger charge is 2.30. The Bertz CT molecular complexity index is 695. The molecule has 1 aliphatic rings. The molecule has 3 nitrogen and oxygen atoms in total. The molecule has 1 atom stereocenters. The van der Waals surface area contributed by atoms with Crippen molar-refractivity contribution >= 4 is 23.2 Å². The Morgan fingerprint density at radius 2 is 1.91 bits per heavy atom. The molecule has 2 aromatic rings. The quantitative estimate of drug-likeness (QED) is 0.907. The number of rotatable bonds is 4. The third kappa shape index (κ3) is 3.09. The smallest absolute Gasteiger partial charge is 0.232 e. The molecule has 0 fully saturated rings. The lowest BCUT2D eigenvalue weighted by molar-refractivity contribution is -0.117. The van der Waals surface area contributed by atoms with Gasteiger partial charge in [0.15, 0.2) is 0 Å². The van der Waals surface area contributed by atoms with Crippen LogP contribution in [0.5, 0.6) is 5.75 Å². The van der Waals surface area contributed by atoms with Crippen LogP contribution in [-0.2, 0) is 11.2 Å². The van der Waals surface area contributed by atoms with Crippen LogP contribution in [0.1, 0.15) is 30.9 Å². The molecule has 0 saturated carbocycles. The Morgan fingerprint density at radius 1 is 1.18 bits per heavy atom. The molecule has 22 heavy (non-hydrogen) atoms. The number of nitrogens with one attached hydrogen (secondary N) is 1. The molecule has 1 aliphatic heterocycles. The van der Waals surface area contributed by atoms with Gasteiger partial charge in [-0.1, -0.05) is 23.7 Å². The first kappa shape index (κ1) is 14.9. The fourth-order valence-electron chi connectivity index (χ4n) is 2.71. The minimum Gasteiger partial charge on any atom is -0.491 e. The number of fused-ring (bicyclic) bond motifs is 1. The average molecular weight is 316 g/mol. The van der Waals surface area contributed by atoms with Crippen molar-refractivity contribution in [2.75, 3.05) is 5.32 Å². The van der Waals surface area contributed by atoms with E-state index in [1.807, 2.05) is 50.2 Å². The second-order valence-electron chi connectivity index (χ2n) is 5.79. The standard InChI is InChI=1S/C18H18ClNO2/c1-11(2)22-14-6-3-12(4-7-14)9-16-15-10-13(19)5-8-17(15)20-18(16)21/h3-8,10-11,16H,9H2,1-2H3,(H,20,21)/t16-/m0/s1. The molecule has 114 valence electrons. The summed E-state index contributed by atoms with van der Waals surface area (Å²) in [5, 5.41) is 3.56. The van der Waals surface area contributed by atoms with Crippen molar-refractivity contribution in [1.29, 1.82) is 0 Å². The number of benzene rings is 2. The monoisotopic (exact) mass is 315 g/mol. The number of carbonyl (C=O) groups excluding carboxylic acids is 1. The van der Waals surface area contributed by atoms with E-state index in [9.17, 15) is 4.79 Å². The van der Waals surface area contributed by atoms with Crippen LogP contribution in [-0.4, -0.2) is 12.0 Å². The Balaban J connectivity index is 1.79. The zero-order chi connectivity index (χ0) is 15.7. The van der Waals surface area contributed by atoms with Crippen LogP contribution in [0.25, 0.3) is 0 Å². The van der Waals surface area contributed by atoms with Gasteiger partial charge in [0, 0.05) is 10.7 Å². The van der Waals surface area contributed by atoms with E-state index >= 15 is 0 Å². The molecule has 0 radical (unpaired) electrons. The summed E-state index contributed by atoms with van der Waals surface area (Å²) in [6, 6.07) is 13.4. The second-order valence-corrected chi connectivity index (χ2v) is 6.22. The van der Waals surface area contributed by atoms with Crippen LogP contribution in [0.3, 0.4) is 0 Å². The number of ether oxygens (including phenoxy) is 1. The molecule has 0 unspecified atom stereocenters. The molecule has 1 N–H and O–H groups in total. The first-order valence-electron chi connectivity index (χ1n) is 7.39. The Labute approximate surface area is 135 Å². The summed E-state index contributed by atoms with van der Waals surface area (Å²) < 4.78 is 5.64. The van der Waals surface area contributed by atoms with Crippen molar-refractivity contribution in [3.63, 3.8) is 0 Å². The molecule has 1 heterocycles. The van der Waals surface area contributed by atoms with E-state index in [4.69, 9.17) is 16.3 Å². The van der Waals surface area contributed by atoms with Gasteiger partial charge in [0.05, 0.1) is 12.0 Å². The first-order chi connectivity index (χ1) is 10.5. The summed E-state index contributed by atoms with van der Waals surface area (Å²) in [4.78, 5) is 12.2. The number of amides is 1. The third-order valence-electron chi connectivity index (χ3n) is 3.70. The van der Waals surface area contributed by atoms with Gasteiger partial charge in [0.1, 0.15) is 5.75 Å². The molecule has 0 bridgehead atoms. The van der Waals surface area contributed by atoms with Crippen molar-refractivity contribution in [3.05, 3.63) is 58.6 Å². The van der Waals surface area contributed by atoms with Gasteiger partial charge in [0.25, 0.3) is 0 Å². The fourth-order valence-corrected chi connectivity index (χ4v) is 2.89. The van der Waals surface area contributed by atoms with Crippen LogP contribution in [0.15, 0.2) is 42.5 Å². The van der Waals surface area contributed by atoms with E-state index in [-0.39, 0.29) is 17.9 Å². The topological polar surface area (TPSA) is 38.3 Å². The Morgan fingerprint density at radius 3 is 2.59 bits per heavy atom. The molecule has 1 amide bonds. The largest absolute Gasteiger partial charge is 0.491 e. The van der Waals surface area contributed by atoms with Crippen molar-refractivity contribution < 1.29 is 9.53 Å². The zero-order valence-corrected chi connectivity index (χ0v) is 13.4. The van der Waals surface area contributed by atoms with Crippen LogP contribution >= 0.6 is 11.6 Å². The maximum absolute atomic E-state index is 12.2. The maximum atomic E-state index is 12.2. The van der Waals surface area contributed by atoms with Gasteiger partial charge in [-0.3, -0.25) is 4.79 Å². The van der Waals surface area contributed by atoms with Crippen LogP contribution < -0.4 is 10.1 Å². The fraction of sp³-hybridized carbons (Fsp3) is 0.278. The highest BCUT2D eigenvalue weighted by atomic mass is 35.5. The molecule has 0 spiro atoms. The van der Waals surface area contributed by atoms with Gasteiger partial charge in [-0.05, 0) is 61.7 Å². The number of halogens is 1. The lowest BCUT2D eigenvalue weighted by Gasteiger charge is -2.12. The molecule has 3 rings (SSSR count). The predicted octanol–water partition coefficient (Wildman–Crippen LogP) is 4.41. The lowest BCUT2D eigenvalue weighted by Crippen LogP contribution is -2.14. The predicted molar refractivity (Wildman–Crippen MR) is 88.7 cm³/mol. The van der Waals surface area contributed by atoms with Gasteiger partial charge in [-0.2, -0.15) is 0 Å². The normalized spacial score (nSPS) is 16.5. The van der Waals surface area contributed by atoms with Gasteiger partial charge in [-0.15, -0.1) is 0 Å². The molecule has 4 heteroatoms. The summed E-state index contributed by atoms with van der Waals surface area (Å²) in [6.07, 6.45) is 0.807.